The summed E-state index contributed by atoms with van der Waals surface area (Å²) >= 11 is 0. The van der Waals surface area contributed by atoms with E-state index < -0.39 is 18.2 Å². The number of rotatable bonds is 5. The zero-order valence-corrected chi connectivity index (χ0v) is 11.8. The molecule has 110 valence electrons. The van der Waals surface area contributed by atoms with E-state index in [1.165, 1.54) is 12.7 Å². The Morgan fingerprint density at radius 3 is 2.65 bits per heavy atom. The predicted octanol–water partition coefficient (Wildman–Crippen LogP) is 0.449. The number of hydrogen-bond acceptors (Lipinski definition) is 5. The monoisotopic (exact) mass is 280 g/mol. The van der Waals surface area contributed by atoms with Gasteiger partial charge in [-0.25, -0.2) is 9.97 Å². The van der Waals surface area contributed by atoms with E-state index >= 15 is 0 Å². The van der Waals surface area contributed by atoms with E-state index in [-0.39, 0.29) is 17.0 Å². The van der Waals surface area contributed by atoms with Crippen molar-refractivity contribution in [2.24, 2.45) is 5.92 Å². The molecule has 0 bridgehead atoms. The van der Waals surface area contributed by atoms with Gasteiger partial charge in [-0.3, -0.25) is 4.79 Å². The highest BCUT2D eigenvalue weighted by Gasteiger charge is 2.28. The second-order valence-corrected chi connectivity index (χ2v) is 5.16. The van der Waals surface area contributed by atoms with E-state index in [4.69, 9.17) is 0 Å². The normalized spacial score (nSPS) is 17.9. The Kier molecular flexibility index (Phi) is 4.20. The summed E-state index contributed by atoms with van der Waals surface area (Å²) in [5.74, 6) is -0.0152. The van der Waals surface area contributed by atoms with Gasteiger partial charge in [-0.2, -0.15) is 0 Å². The van der Waals surface area contributed by atoms with Gasteiger partial charge in [0.1, 0.15) is 6.10 Å². The molecule has 0 radical (unpaired) electrons. The van der Waals surface area contributed by atoms with Crippen LogP contribution in [0.3, 0.4) is 0 Å². The molecule has 2 rings (SSSR count). The topological polar surface area (TPSA) is 104 Å². The molecule has 0 aliphatic carbocycles. The Morgan fingerprint density at radius 2 is 2.00 bits per heavy atom. The molecule has 0 amide bonds. The van der Waals surface area contributed by atoms with Crippen LogP contribution in [0.4, 0.5) is 0 Å². The number of fused-ring (bicyclic) bond motifs is 1. The number of H-pyrrole nitrogens is 1. The third kappa shape index (κ3) is 2.46. The Morgan fingerprint density at radius 1 is 1.30 bits per heavy atom. The fourth-order valence-corrected chi connectivity index (χ4v) is 2.19. The van der Waals surface area contributed by atoms with Crippen LogP contribution in [-0.4, -0.2) is 41.9 Å². The SMILES string of the molecule is CCC(C)C(O)C(O)C(C)n1cnc2c(=O)[nH]cnc21. The summed E-state index contributed by atoms with van der Waals surface area (Å²) in [7, 11) is 0. The van der Waals surface area contributed by atoms with E-state index in [0.29, 0.717) is 5.65 Å². The molecule has 4 unspecified atom stereocenters. The maximum atomic E-state index is 11.6. The highest BCUT2D eigenvalue weighted by Crippen LogP contribution is 2.22. The highest BCUT2D eigenvalue weighted by molar-refractivity contribution is 5.68. The average Bonchev–Trinajstić information content (AvgIpc) is 2.89. The first kappa shape index (κ1) is 14.7. The standard InChI is InChI=1S/C13H20N4O3/c1-4-7(2)10(18)11(19)8(3)17-6-16-9-12(17)14-5-15-13(9)20/h5-8,10-11,18-19H,4H2,1-3H3,(H,14,15,20). The van der Waals surface area contributed by atoms with Crippen molar-refractivity contribution < 1.29 is 10.2 Å². The smallest absolute Gasteiger partial charge is 0.278 e. The fourth-order valence-electron chi connectivity index (χ4n) is 2.19. The largest absolute Gasteiger partial charge is 0.390 e. The molecule has 0 spiro atoms. The molecule has 2 aromatic heterocycles. The van der Waals surface area contributed by atoms with Crippen LogP contribution < -0.4 is 5.56 Å². The average molecular weight is 280 g/mol. The molecule has 0 saturated carbocycles. The van der Waals surface area contributed by atoms with Crippen molar-refractivity contribution in [1.29, 1.82) is 0 Å². The zero-order valence-electron chi connectivity index (χ0n) is 11.8. The highest BCUT2D eigenvalue weighted by atomic mass is 16.3. The summed E-state index contributed by atoms with van der Waals surface area (Å²) in [6.07, 6.45) is 1.74. The molecular formula is C13H20N4O3. The number of aromatic amines is 1. The molecular weight excluding hydrogens is 260 g/mol. The van der Waals surface area contributed by atoms with Gasteiger partial charge in [-0.1, -0.05) is 20.3 Å². The van der Waals surface area contributed by atoms with Crippen molar-refractivity contribution in [3.8, 4) is 0 Å². The third-order valence-electron chi connectivity index (χ3n) is 3.88. The summed E-state index contributed by atoms with van der Waals surface area (Å²) < 4.78 is 1.61. The summed E-state index contributed by atoms with van der Waals surface area (Å²) in [6, 6.07) is -0.432. The van der Waals surface area contributed by atoms with E-state index in [9.17, 15) is 15.0 Å². The Labute approximate surface area is 116 Å². The molecule has 0 aromatic carbocycles. The van der Waals surface area contributed by atoms with Crippen LogP contribution >= 0.6 is 0 Å². The second-order valence-electron chi connectivity index (χ2n) is 5.16. The number of nitrogens with one attached hydrogen (secondary N) is 1. The Balaban J connectivity index is 2.34. The molecule has 2 heterocycles. The Hall–Kier alpha value is -1.73. The lowest BCUT2D eigenvalue weighted by molar-refractivity contribution is -0.0364. The lowest BCUT2D eigenvalue weighted by Crippen LogP contribution is -2.37. The van der Waals surface area contributed by atoms with Crippen molar-refractivity contribution in [2.45, 2.75) is 45.4 Å². The van der Waals surface area contributed by atoms with Crippen molar-refractivity contribution in [2.75, 3.05) is 0 Å². The van der Waals surface area contributed by atoms with Gasteiger partial charge in [0.15, 0.2) is 11.2 Å². The van der Waals surface area contributed by atoms with E-state index in [2.05, 4.69) is 15.0 Å². The molecule has 7 heteroatoms. The minimum atomic E-state index is -0.955. The van der Waals surface area contributed by atoms with Crippen LogP contribution in [0.5, 0.6) is 0 Å². The van der Waals surface area contributed by atoms with Crippen molar-refractivity contribution in [1.82, 2.24) is 19.5 Å². The molecule has 20 heavy (non-hydrogen) atoms. The van der Waals surface area contributed by atoms with Crippen LogP contribution in [0.25, 0.3) is 11.2 Å². The fraction of sp³-hybridized carbons (Fsp3) is 0.615. The van der Waals surface area contributed by atoms with Crippen LogP contribution in [0.1, 0.15) is 33.2 Å². The minimum absolute atomic E-state index is 0.0152. The van der Waals surface area contributed by atoms with Crippen LogP contribution in [-0.2, 0) is 0 Å². The first-order valence-electron chi connectivity index (χ1n) is 6.73. The summed E-state index contributed by atoms with van der Waals surface area (Å²) in [4.78, 5) is 22.1. The van der Waals surface area contributed by atoms with Gasteiger partial charge in [0.25, 0.3) is 5.56 Å². The number of aliphatic hydroxyl groups is 2. The zero-order chi connectivity index (χ0) is 14.9. The Bertz CT molecular complexity index is 636. The number of aliphatic hydroxyl groups excluding tert-OH is 2. The molecule has 2 aromatic rings. The van der Waals surface area contributed by atoms with E-state index in [1.54, 1.807) is 11.5 Å². The first-order valence-corrected chi connectivity index (χ1v) is 6.73. The third-order valence-corrected chi connectivity index (χ3v) is 3.88. The molecule has 0 fully saturated rings. The lowest BCUT2D eigenvalue weighted by atomic mass is 9.94. The summed E-state index contributed by atoms with van der Waals surface area (Å²) in [5, 5.41) is 20.4. The van der Waals surface area contributed by atoms with Crippen LogP contribution in [0.15, 0.2) is 17.4 Å². The molecule has 0 aliphatic rings. The van der Waals surface area contributed by atoms with Crippen LogP contribution in [0.2, 0.25) is 0 Å². The molecule has 0 saturated heterocycles. The van der Waals surface area contributed by atoms with Crippen molar-refractivity contribution in [3.63, 3.8) is 0 Å². The number of aromatic nitrogens is 4. The van der Waals surface area contributed by atoms with Gasteiger partial charge in [0.05, 0.1) is 24.8 Å². The lowest BCUT2D eigenvalue weighted by Gasteiger charge is -2.28. The van der Waals surface area contributed by atoms with Gasteiger partial charge >= 0.3 is 0 Å². The number of hydrogen-bond donors (Lipinski definition) is 3. The van der Waals surface area contributed by atoms with E-state index in [1.807, 2.05) is 13.8 Å². The number of nitrogens with zero attached hydrogens (tertiary/aromatic N) is 3. The summed E-state index contributed by atoms with van der Waals surface area (Å²) in [5.41, 5.74) is 0.305. The van der Waals surface area contributed by atoms with Gasteiger partial charge < -0.3 is 19.8 Å². The quantitative estimate of drug-likeness (QED) is 0.737. The van der Waals surface area contributed by atoms with E-state index in [0.717, 1.165) is 6.42 Å². The van der Waals surface area contributed by atoms with Gasteiger partial charge in [0.2, 0.25) is 0 Å². The molecule has 4 atom stereocenters. The molecule has 0 aliphatic heterocycles. The van der Waals surface area contributed by atoms with Gasteiger partial charge in [-0.05, 0) is 12.8 Å². The number of imidazole rings is 1. The first-order chi connectivity index (χ1) is 9.47. The predicted molar refractivity (Wildman–Crippen MR) is 74.3 cm³/mol. The maximum absolute atomic E-state index is 11.6. The second kappa shape index (κ2) is 5.72. The van der Waals surface area contributed by atoms with Crippen molar-refractivity contribution in [3.05, 3.63) is 23.0 Å². The van der Waals surface area contributed by atoms with Gasteiger partial charge in [0, 0.05) is 0 Å². The van der Waals surface area contributed by atoms with Crippen molar-refractivity contribution >= 4 is 11.2 Å². The van der Waals surface area contributed by atoms with Crippen LogP contribution in [0, 0.1) is 5.92 Å². The maximum Gasteiger partial charge on any atom is 0.278 e. The molecule has 3 N–H and O–H groups in total. The summed E-state index contributed by atoms with van der Waals surface area (Å²) in [6.45, 7) is 5.61. The minimum Gasteiger partial charge on any atom is -0.390 e. The molecule has 7 nitrogen and oxygen atoms in total. The van der Waals surface area contributed by atoms with Gasteiger partial charge in [-0.15, -0.1) is 0 Å².